The fraction of sp³-hybridized carbons (Fsp3) is 0.136. The van der Waals surface area contributed by atoms with Crippen molar-refractivity contribution in [1.29, 1.82) is 0 Å². The van der Waals surface area contributed by atoms with Gasteiger partial charge < -0.3 is 10.1 Å². The Morgan fingerprint density at radius 2 is 1.70 bits per heavy atom. The third-order valence-electron chi connectivity index (χ3n) is 4.36. The lowest BCUT2D eigenvalue weighted by molar-refractivity contribution is 0.0947. The maximum atomic E-state index is 12.8. The number of nitrogens with one attached hydrogen (secondary N) is 1. The molecule has 0 saturated carbocycles. The molecule has 0 aromatic heterocycles. The third-order valence-corrected chi connectivity index (χ3v) is 6.47. The van der Waals surface area contributed by atoms with E-state index in [-0.39, 0.29) is 24.0 Å². The molecule has 0 heterocycles. The zero-order valence-electron chi connectivity index (χ0n) is 16.3. The molecule has 1 amide bonds. The van der Waals surface area contributed by atoms with Crippen LogP contribution < -0.4 is 14.4 Å². The average Bonchev–Trinajstić information content (AvgIpc) is 2.77. The van der Waals surface area contributed by atoms with Crippen LogP contribution in [0.15, 0.2) is 83.8 Å². The molecule has 0 saturated heterocycles. The predicted octanol–water partition coefficient (Wildman–Crippen LogP) is 3.97. The number of carbonyl (C=O) groups is 1. The van der Waals surface area contributed by atoms with E-state index in [0.29, 0.717) is 22.0 Å². The van der Waals surface area contributed by atoms with Crippen LogP contribution in [0.25, 0.3) is 0 Å². The molecule has 3 aromatic rings. The molecule has 0 radical (unpaired) electrons. The van der Waals surface area contributed by atoms with Crippen molar-refractivity contribution >= 4 is 33.2 Å². The van der Waals surface area contributed by atoms with Gasteiger partial charge in [-0.2, -0.15) is 0 Å². The van der Waals surface area contributed by atoms with E-state index in [1.807, 2.05) is 6.07 Å². The summed E-state index contributed by atoms with van der Waals surface area (Å²) in [4.78, 5) is 12.6. The second-order valence-corrected chi connectivity index (χ2v) is 8.75. The summed E-state index contributed by atoms with van der Waals surface area (Å²) >= 11 is 6.02. The van der Waals surface area contributed by atoms with Gasteiger partial charge in [0.25, 0.3) is 15.9 Å². The summed E-state index contributed by atoms with van der Waals surface area (Å²) in [6.07, 6.45) is 0. The van der Waals surface area contributed by atoms with Gasteiger partial charge in [-0.15, -0.1) is 0 Å². The lowest BCUT2D eigenvalue weighted by Gasteiger charge is -2.20. The number of benzene rings is 3. The number of halogens is 1. The van der Waals surface area contributed by atoms with Gasteiger partial charge in [0, 0.05) is 12.6 Å². The van der Waals surface area contributed by atoms with Crippen LogP contribution in [0.2, 0.25) is 5.02 Å². The summed E-state index contributed by atoms with van der Waals surface area (Å²) in [7, 11) is -2.27. The first-order valence-corrected chi connectivity index (χ1v) is 11.0. The topological polar surface area (TPSA) is 75.7 Å². The van der Waals surface area contributed by atoms with E-state index in [1.165, 1.54) is 25.2 Å². The Morgan fingerprint density at radius 1 is 1.00 bits per heavy atom. The van der Waals surface area contributed by atoms with Crippen molar-refractivity contribution in [2.75, 3.05) is 24.5 Å². The van der Waals surface area contributed by atoms with Crippen LogP contribution >= 0.6 is 11.6 Å². The van der Waals surface area contributed by atoms with Gasteiger partial charge in [0.2, 0.25) is 0 Å². The van der Waals surface area contributed by atoms with Gasteiger partial charge in [0.15, 0.2) is 0 Å². The number of carbonyl (C=O) groups excluding carboxylic acids is 1. The highest BCUT2D eigenvalue weighted by atomic mass is 35.5. The van der Waals surface area contributed by atoms with Gasteiger partial charge in [-0.25, -0.2) is 8.42 Å². The van der Waals surface area contributed by atoms with Crippen molar-refractivity contribution in [3.63, 3.8) is 0 Å². The smallest absolute Gasteiger partial charge is 0.264 e. The normalized spacial score (nSPS) is 11.0. The first-order valence-electron chi connectivity index (χ1n) is 9.19. The first-order chi connectivity index (χ1) is 14.4. The van der Waals surface area contributed by atoms with Crippen LogP contribution in [0.5, 0.6) is 5.75 Å². The molecule has 8 heteroatoms. The van der Waals surface area contributed by atoms with Crippen LogP contribution in [0, 0.1) is 0 Å². The van der Waals surface area contributed by atoms with Crippen molar-refractivity contribution in [2.45, 2.75) is 4.90 Å². The maximum Gasteiger partial charge on any atom is 0.264 e. The lowest BCUT2D eigenvalue weighted by atomic mass is 10.2. The highest BCUT2D eigenvalue weighted by Gasteiger charge is 2.21. The Balaban J connectivity index is 1.63. The highest BCUT2D eigenvalue weighted by molar-refractivity contribution is 7.92. The number of ether oxygens (including phenoxy) is 1. The average molecular weight is 445 g/mol. The van der Waals surface area contributed by atoms with Crippen LogP contribution in [0.1, 0.15) is 10.4 Å². The Kier molecular flexibility index (Phi) is 6.97. The van der Waals surface area contributed by atoms with E-state index in [1.54, 1.807) is 54.6 Å². The number of sulfonamides is 1. The zero-order valence-corrected chi connectivity index (χ0v) is 17.9. The second kappa shape index (κ2) is 9.65. The molecule has 0 fully saturated rings. The molecule has 156 valence electrons. The predicted molar refractivity (Wildman–Crippen MR) is 118 cm³/mol. The third kappa shape index (κ3) is 5.11. The molecule has 3 rings (SSSR count). The Hall–Kier alpha value is -3.03. The fourth-order valence-corrected chi connectivity index (χ4v) is 4.12. The van der Waals surface area contributed by atoms with E-state index in [4.69, 9.17) is 16.3 Å². The molecule has 0 unspecified atom stereocenters. The largest absolute Gasteiger partial charge is 0.490 e. The SMILES string of the molecule is CN(c1cccc(C(=O)NCCOc2ccccc2Cl)c1)S(=O)(=O)c1ccccc1. The lowest BCUT2D eigenvalue weighted by Crippen LogP contribution is -2.29. The molecule has 0 bridgehead atoms. The molecule has 6 nitrogen and oxygen atoms in total. The number of hydrogen-bond donors (Lipinski definition) is 1. The molecule has 0 aliphatic heterocycles. The summed E-state index contributed by atoms with van der Waals surface area (Å²) in [6, 6.07) is 21.6. The van der Waals surface area contributed by atoms with Gasteiger partial charge >= 0.3 is 0 Å². The van der Waals surface area contributed by atoms with Crippen LogP contribution in [-0.2, 0) is 10.0 Å². The number of anilines is 1. The minimum atomic E-state index is -3.72. The molecule has 3 aromatic carbocycles. The zero-order chi connectivity index (χ0) is 21.6. The monoisotopic (exact) mass is 444 g/mol. The van der Waals surface area contributed by atoms with E-state index < -0.39 is 10.0 Å². The minimum absolute atomic E-state index is 0.180. The van der Waals surface area contributed by atoms with Gasteiger partial charge in [-0.05, 0) is 42.5 Å². The molecule has 1 N–H and O–H groups in total. The number of rotatable bonds is 8. The summed E-state index contributed by atoms with van der Waals surface area (Å²) < 4.78 is 32.3. The van der Waals surface area contributed by atoms with E-state index in [9.17, 15) is 13.2 Å². The van der Waals surface area contributed by atoms with Gasteiger partial charge in [0.1, 0.15) is 12.4 Å². The highest BCUT2D eigenvalue weighted by Crippen LogP contribution is 2.24. The van der Waals surface area contributed by atoms with E-state index in [2.05, 4.69) is 5.32 Å². The number of hydrogen-bond acceptors (Lipinski definition) is 4. The number of nitrogens with zero attached hydrogens (tertiary/aromatic N) is 1. The second-order valence-electron chi connectivity index (χ2n) is 6.37. The quantitative estimate of drug-likeness (QED) is 0.533. The number of amides is 1. The molecular formula is C22H21ClN2O4S. The molecule has 0 spiro atoms. The molecular weight excluding hydrogens is 424 g/mol. The molecule has 30 heavy (non-hydrogen) atoms. The van der Waals surface area contributed by atoms with Crippen LogP contribution in [0.3, 0.4) is 0 Å². The Labute approximate surface area is 181 Å². The van der Waals surface area contributed by atoms with Crippen molar-refractivity contribution in [1.82, 2.24) is 5.32 Å². The van der Waals surface area contributed by atoms with Gasteiger partial charge in [-0.1, -0.05) is 48.0 Å². The molecule has 0 aliphatic rings. The van der Waals surface area contributed by atoms with Gasteiger partial charge in [0.05, 0.1) is 22.2 Å². The fourth-order valence-electron chi connectivity index (χ4n) is 2.72. The van der Waals surface area contributed by atoms with Crippen LogP contribution in [0.4, 0.5) is 5.69 Å². The van der Waals surface area contributed by atoms with E-state index >= 15 is 0 Å². The minimum Gasteiger partial charge on any atom is -0.490 e. The summed E-state index contributed by atoms with van der Waals surface area (Å²) in [5, 5.41) is 3.25. The van der Waals surface area contributed by atoms with E-state index in [0.717, 1.165) is 4.31 Å². The van der Waals surface area contributed by atoms with Crippen LogP contribution in [-0.4, -0.2) is 34.5 Å². The molecule has 0 aliphatic carbocycles. The molecule has 0 atom stereocenters. The van der Waals surface area contributed by atoms with Gasteiger partial charge in [-0.3, -0.25) is 9.10 Å². The standard InChI is InChI=1S/C22H21ClN2O4S/c1-25(30(27,28)19-10-3-2-4-11-19)18-9-7-8-17(16-18)22(26)24-14-15-29-21-13-6-5-12-20(21)23/h2-13,16H,14-15H2,1H3,(H,24,26). The summed E-state index contributed by atoms with van der Waals surface area (Å²) in [5.41, 5.74) is 0.735. The van der Waals surface area contributed by atoms with Crippen molar-refractivity contribution in [3.05, 3.63) is 89.4 Å². The summed E-state index contributed by atoms with van der Waals surface area (Å²) in [5.74, 6) is 0.216. The van der Waals surface area contributed by atoms with Crippen molar-refractivity contribution in [3.8, 4) is 5.75 Å². The maximum absolute atomic E-state index is 12.8. The Morgan fingerprint density at radius 3 is 2.43 bits per heavy atom. The summed E-state index contributed by atoms with van der Waals surface area (Å²) in [6.45, 7) is 0.518. The first kappa shape index (κ1) is 21.7. The number of para-hydroxylation sites is 1. The Bertz CT molecular complexity index is 1120. The van der Waals surface area contributed by atoms with Crippen molar-refractivity contribution in [2.24, 2.45) is 0 Å². The van der Waals surface area contributed by atoms with Crippen molar-refractivity contribution < 1.29 is 17.9 Å².